The van der Waals surface area contributed by atoms with Crippen molar-refractivity contribution in [3.63, 3.8) is 0 Å². The van der Waals surface area contributed by atoms with Crippen LogP contribution < -0.4 is 5.32 Å². The zero-order valence-corrected chi connectivity index (χ0v) is 10.8. The molecule has 0 radical (unpaired) electrons. The summed E-state index contributed by atoms with van der Waals surface area (Å²) in [6.07, 6.45) is 1.44. The van der Waals surface area contributed by atoms with Crippen LogP contribution in [0.25, 0.3) is 0 Å². The van der Waals surface area contributed by atoms with Crippen molar-refractivity contribution in [2.45, 2.75) is 39.0 Å². The lowest BCUT2D eigenvalue weighted by molar-refractivity contribution is 0.00557. The highest BCUT2D eigenvalue weighted by molar-refractivity contribution is 5.07. The summed E-state index contributed by atoms with van der Waals surface area (Å²) in [4.78, 5) is 4.26. The van der Waals surface area contributed by atoms with Gasteiger partial charge in [0.1, 0.15) is 0 Å². The zero-order chi connectivity index (χ0) is 12.7. The minimum Gasteiger partial charge on any atom is -0.389 e. The van der Waals surface area contributed by atoms with E-state index < -0.39 is 6.10 Å². The molecule has 4 nitrogen and oxygen atoms in total. The molecule has 2 atom stereocenters. The Morgan fingerprint density at radius 1 is 1.35 bits per heavy atom. The van der Waals surface area contributed by atoms with Crippen LogP contribution in [-0.2, 0) is 4.74 Å². The lowest BCUT2D eigenvalue weighted by Crippen LogP contribution is -2.33. The van der Waals surface area contributed by atoms with Crippen molar-refractivity contribution in [3.8, 4) is 0 Å². The summed E-state index contributed by atoms with van der Waals surface area (Å²) in [5, 5.41) is 12.9. The van der Waals surface area contributed by atoms with E-state index in [4.69, 9.17) is 4.74 Å². The number of aliphatic hydroxyl groups is 1. The van der Waals surface area contributed by atoms with Crippen LogP contribution in [0.15, 0.2) is 24.4 Å². The zero-order valence-electron chi connectivity index (χ0n) is 10.8. The van der Waals surface area contributed by atoms with Crippen molar-refractivity contribution in [1.29, 1.82) is 0 Å². The van der Waals surface area contributed by atoms with Gasteiger partial charge in [-0.15, -0.1) is 0 Å². The summed E-state index contributed by atoms with van der Waals surface area (Å²) in [6.45, 7) is 6.80. The molecule has 1 rings (SSSR count). The van der Waals surface area contributed by atoms with Crippen molar-refractivity contribution in [1.82, 2.24) is 10.3 Å². The van der Waals surface area contributed by atoms with Gasteiger partial charge in [-0.1, -0.05) is 6.07 Å². The Morgan fingerprint density at radius 2 is 2.12 bits per heavy atom. The van der Waals surface area contributed by atoms with Crippen molar-refractivity contribution in [2.75, 3.05) is 13.2 Å². The molecule has 0 spiro atoms. The molecule has 0 bridgehead atoms. The molecule has 0 aliphatic rings. The number of aromatic nitrogens is 1. The first-order valence-electron chi connectivity index (χ1n) is 6.03. The molecule has 2 unspecified atom stereocenters. The van der Waals surface area contributed by atoms with E-state index >= 15 is 0 Å². The molecule has 0 aromatic carbocycles. The maximum absolute atomic E-state index is 9.69. The van der Waals surface area contributed by atoms with E-state index in [0.717, 1.165) is 5.69 Å². The highest BCUT2D eigenvalue weighted by Crippen LogP contribution is 2.07. The van der Waals surface area contributed by atoms with Crippen LogP contribution in [0.2, 0.25) is 0 Å². The molecular formula is C13H22N2O2. The summed E-state index contributed by atoms with van der Waals surface area (Å²) in [5.41, 5.74) is 0.976. The van der Waals surface area contributed by atoms with Crippen LogP contribution in [-0.4, -0.2) is 35.5 Å². The van der Waals surface area contributed by atoms with Gasteiger partial charge >= 0.3 is 0 Å². The topological polar surface area (TPSA) is 54.4 Å². The maximum atomic E-state index is 9.69. The summed E-state index contributed by atoms with van der Waals surface area (Å²) in [6, 6.07) is 5.94. The molecule has 1 aromatic rings. The molecule has 0 aliphatic heterocycles. The van der Waals surface area contributed by atoms with Crippen LogP contribution in [0.4, 0.5) is 0 Å². The molecule has 0 fully saturated rings. The van der Waals surface area contributed by atoms with Crippen LogP contribution >= 0.6 is 0 Å². The minimum absolute atomic E-state index is 0.130. The van der Waals surface area contributed by atoms with Gasteiger partial charge in [0.15, 0.2) is 0 Å². The minimum atomic E-state index is -0.483. The second-order valence-electron chi connectivity index (χ2n) is 4.42. The SMILES string of the molecule is CC(C)OCC(O)CNC(C)c1ccccn1. The third-order valence-electron chi connectivity index (χ3n) is 2.41. The molecule has 0 amide bonds. The lowest BCUT2D eigenvalue weighted by Gasteiger charge is -2.17. The number of hydrogen-bond donors (Lipinski definition) is 2. The van der Waals surface area contributed by atoms with Gasteiger partial charge < -0.3 is 15.2 Å². The van der Waals surface area contributed by atoms with Crippen molar-refractivity contribution in [3.05, 3.63) is 30.1 Å². The summed E-state index contributed by atoms with van der Waals surface area (Å²) in [7, 11) is 0. The molecule has 2 N–H and O–H groups in total. The quantitative estimate of drug-likeness (QED) is 0.756. The van der Waals surface area contributed by atoms with Gasteiger partial charge in [0.2, 0.25) is 0 Å². The van der Waals surface area contributed by atoms with Crippen LogP contribution in [0.3, 0.4) is 0 Å². The third-order valence-corrected chi connectivity index (χ3v) is 2.41. The van der Waals surface area contributed by atoms with Gasteiger partial charge in [0, 0.05) is 18.8 Å². The smallest absolute Gasteiger partial charge is 0.0898 e. The van der Waals surface area contributed by atoms with Crippen LogP contribution in [0.5, 0.6) is 0 Å². The van der Waals surface area contributed by atoms with Crippen LogP contribution in [0.1, 0.15) is 32.5 Å². The van der Waals surface area contributed by atoms with Gasteiger partial charge in [-0.2, -0.15) is 0 Å². The Bertz CT molecular complexity index is 304. The fourth-order valence-electron chi connectivity index (χ4n) is 1.41. The molecule has 1 aromatic heterocycles. The number of nitrogens with one attached hydrogen (secondary N) is 1. The van der Waals surface area contributed by atoms with Crippen molar-refractivity contribution < 1.29 is 9.84 Å². The predicted octanol–water partition coefficient (Wildman–Crippen LogP) is 1.52. The number of hydrogen-bond acceptors (Lipinski definition) is 4. The van der Waals surface area contributed by atoms with Crippen molar-refractivity contribution in [2.24, 2.45) is 0 Å². The third kappa shape index (κ3) is 5.77. The van der Waals surface area contributed by atoms with E-state index in [1.54, 1.807) is 6.20 Å². The van der Waals surface area contributed by atoms with Gasteiger partial charge in [-0.3, -0.25) is 4.98 Å². The fourth-order valence-corrected chi connectivity index (χ4v) is 1.41. The van der Waals surface area contributed by atoms with Crippen molar-refractivity contribution >= 4 is 0 Å². The number of rotatable bonds is 7. The normalized spacial score (nSPS) is 14.9. The molecule has 0 saturated carbocycles. The first-order chi connectivity index (χ1) is 8.09. The van der Waals surface area contributed by atoms with Gasteiger partial charge in [-0.25, -0.2) is 0 Å². The van der Waals surface area contributed by atoms with E-state index in [2.05, 4.69) is 10.3 Å². The van der Waals surface area contributed by atoms with E-state index in [1.807, 2.05) is 39.0 Å². The molecule has 17 heavy (non-hydrogen) atoms. The van der Waals surface area contributed by atoms with Gasteiger partial charge in [0.25, 0.3) is 0 Å². The highest BCUT2D eigenvalue weighted by Gasteiger charge is 2.09. The van der Waals surface area contributed by atoms with Gasteiger partial charge in [-0.05, 0) is 32.9 Å². The number of aliphatic hydroxyl groups excluding tert-OH is 1. The molecular weight excluding hydrogens is 216 g/mol. The first-order valence-corrected chi connectivity index (χ1v) is 6.03. The van der Waals surface area contributed by atoms with E-state index in [9.17, 15) is 5.11 Å². The molecule has 96 valence electrons. The second kappa shape index (κ2) is 7.37. The average molecular weight is 238 g/mol. The Kier molecular flexibility index (Phi) is 6.11. The highest BCUT2D eigenvalue weighted by atomic mass is 16.5. The van der Waals surface area contributed by atoms with Gasteiger partial charge in [0.05, 0.1) is 24.5 Å². The Balaban J connectivity index is 2.26. The number of pyridine rings is 1. The number of ether oxygens (including phenoxy) is 1. The van der Waals surface area contributed by atoms with E-state index in [0.29, 0.717) is 13.2 Å². The molecule has 4 heteroatoms. The largest absolute Gasteiger partial charge is 0.389 e. The lowest BCUT2D eigenvalue weighted by atomic mass is 10.2. The number of nitrogens with zero attached hydrogens (tertiary/aromatic N) is 1. The summed E-state index contributed by atoms with van der Waals surface area (Å²) >= 11 is 0. The summed E-state index contributed by atoms with van der Waals surface area (Å²) in [5.74, 6) is 0. The molecule has 1 heterocycles. The maximum Gasteiger partial charge on any atom is 0.0898 e. The Labute approximate surface area is 103 Å². The standard InChI is InChI=1S/C13H22N2O2/c1-10(2)17-9-12(16)8-15-11(3)13-6-4-5-7-14-13/h4-7,10-12,15-16H,8-9H2,1-3H3. The monoisotopic (exact) mass is 238 g/mol. The Hall–Kier alpha value is -0.970. The average Bonchev–Trinajstić information content (AvgIpc) is 2.34. The fraction of sp³-hybridized carbons (Fsp3) is 0.615. The summed E-state index contributed by atoms with van der Waals surface area (Å²) < 4.78 is 5.34. The second-order valence-corrected chi connectivity index (χ2v) is 4.42. The van der Waals surface area contributed by atoms with Crippen LogP contribution in [0, 0.1) is 0 Å². The molecule has 0 aliphatic carbocycles. The van der Waals surface area contributed by atoms with E-state index in [1.165, 1.54) is 0 Å². The van der Waals surface area contributed by atoms with E-state index in [-0.39, 0.29) is 12.1 Å². The first kappa shape index (κ1) is 14.1. The predicted molar refractivity (Wildman–Crippen MR) is 67.7 cm³/mol. The molecule has 0 saturated heterocycles. The Morgan fingerprint density at radius 3 is 2.71 bits per heavy atom.